The lowest BCUT2D eigenvalue weighted by molar-refractivity contribution is 0.0942. The third-order valence-corrected chi connectivity index (χ3v) is 7.94. The van der Waals surface area contributed by atoms with Gasteiger partial charge in [0, 0.05) is 42.5 Å². The van der Waals surface area contributed by atoms with E-state index in [1.54, 1.807) is 55.3 Å². The molecule has 33 heavy (non-hydrogen) atoms. The van der Waals surface area contributed by atoms with E-state index in [1.165, 1.54) is 21.0 Å². The number of aromatic nitrogens is 4. The lowest BCUT2D eigenvalue weighted by atomic mass is 10.1. The molecule has 0 bridgehead atoms. The van der Waals surface area contributed by atoms with Crippen LogP contribution in [-0.4, -0.2) is 40.2 Å². The summed E-state index contributed by atoms with van der Waals surface area (Å²) in [6.45, 7) is 2.32. The number of rotatable bonds is 5. The van der Waals surface area contributed by atoms with Crippen molar-refractivity contribution in [3.05, 3.63) is 71.6 Å². The lowest BCUT2D eigenvalue weighted by Gasteiger charge is -2.17. The van der Waals surface area contributed by atoms with Crippen LogP contribution in [-0.2, 0) is 30.2 Å². The quantitative estimate of drug-likeness (QED) is 0.485. The van der Waals surface area contributed by atoms with Crippen molar-refractivity contribution in [1.82, 2.24) is 24.6 Å². The highest BCUT2D eigenvalue weighted by molar-refractivity contribution is 7.92. The molecule has 0 spiro atoms. The summed E-state index contributed by atoms with van der Waals surface area (Å²) in [6, 6.07) is 9.34. The highest BCUT2D eigenvalue weighted by Gasteiger charge is 2.34. The number of nitrogens with one attached hydrogen (secondary N) is 1. The molecule has 0 aliphatic carbocycles. The van der Waals surface area contributed by atoms with E-state index in [0.717, 1.165) is 0 Å². The molecule has 3 aromatic heterocycles. The van der Waals surface area contributed by atoms with Gasteiger partial charge in [-0.05, 0) is 31.2 Å². The van der Waals surface area contributed by atoms with E-state index >= 15 is 0 Å². The van der Waals surface area contributed by atoms with Gasteiger partial charge in [0.05, 0.1) is 24.8 Å². The molecular weight excluding hydrogens is 447 g/mol. The minimum atomic E-state index is -3.89. The van der Waals surface area contributed by atoms with Crippen LogP contribution in [0.2, 0.25) is 0 Å². The van der Waals surface area contributed by atoms with Crippen LogP contribution >= 0.6 is 0 Å². The molecule has 4 aromatic rings. The Kier molecular flexibility index (Phi) is 4.93. The first-order valence-electron chi connectivity index (χ1n) is 10.3. The second-order valence-electron chi connectivity index (χ2n) is 7.81. The minimum absolute atomic E-state index is 0.0466. The largest absolute Gasteiger partial charge is 0.347 e. The van der Waals surface area contributed by atoms with E-state index in [9.17, 15) is 17.6 Å². The standard InChI is InChI=1S/C22H21FN6O3S/c1-14-20(33(31,32)29-11-10-28-21(29)7-9-26-28)12-19(27(14)2)22(30)25-13-16-15-4-3-8-24-18(15)6-5-17(16)23/h3-9,12H,10-11,13H2,1-2H3,(H,25,30). The van der Waals surface area contributed by atoms with E-state index in [2.05, 4.69) is 15.4 Å². The van der Waals surface area contributed by atoms with Crippen LogP contribution in [0.5, 0.6) is 0 Å². The Morgan fingerprint density at radius 1 is 1.18 bits per heavy atom. The van der Waals surface area contributed by atoms with Crippen LogP contribution in [0.3, 0.4) is 0 Å². The van der Waals surface area contributed by atoms with Crippen molar-refractivity contribution >= 4 is 32.7 Å². The average Bonchev–Trinajstić information content (AvgIpc) is 3.49. The number of anilines is 1. The molecule has 170 valence electrons. The van der Waals surface area contributed by atoms with Crippen molar-refractivity contribution in [2.45, 2.75) is 24.9 Å². The van der Waals surface area contributed by atoms with Gasteiger partial charge in [0.15, 0.2) is 0 Å². The molecule has 1 aliphatic rings. The molecule has 1 aromatic carbocycles. The molecule has 0 unspecified atom stereocenters. The maximum absolute atomic E-state index is 14.5. The summed E-state index contributed by atoms with van der Waals surface area (Å²) in [6.07, 6.45) is 3.17. The zero-order chi connectivity index (χ0) is 23.3. The molecular formula is C22H21FN6O3S. The molecule has 1 aliphatic heterocycles. The second-order valence-corrected chi connectivity index (χ2v) is 9.64. The number of carbonyl (C=O) groups excluding carboxylic acids is 1. The van der Waals surface area contributed by atoms with Crippen molar-refractivity contribution in [2.75, 3.05) is 10.8 Å². The first kappa shape index (κ1) is 21.1. The van der Waals surface area contributed by atoms with Crippen LogP contribution in [0.15, 0.2) is 53.7 Å². The number of amides is 1. The maximum atomic E-state index is 14.5. The third-order valence-electron chi connectivity index (χ3n) is 6.02. The number of hydrogen-bond donors (Lipinski definition) is 1. The fourth-order valence-electron chi connectivity index (χ4n) is 4.15. The Balaban J connectivity index is 1.43. The van der Waals surface area contributed by atoms with Gasteiger partial charge in [-0.15, -0.1) is 0 Å². The van der Waals surface area contributed by atoms with E-state index in [0.29, 0.717) is 34.5 Å². The monoisotopic (exact) mass is 468 g/mol. The van der Waals surface area contributed by atoms with Gasteiger partial charge in [0.25, 0.3) is 15.9 Å². The van der Waals surface area contributed by atoms with Crippen LogP contribution in [0, 0.1) is 12.7 Å². The third kappa shape index (κ3) is 3.35. The van der Waals surface area contributed by atoms with Gasteiger partial charge in [-0.2, -0.15) is 5.10 Å². The van der Waals surface area contributed by atoms with E-state index in [-0.39, 0.29) is 23.7 Å². The fourth-order valence-corrected chi connectivity index (χ4v) is 5.88. The van der Waals surface area contributed by atoms with Crippen LogP contribution in [0.1, 0.15) is 21.7 Å². The molecule has 11 heteroatoms. The topological polar surface area (TPSA) is 102 Å². The number of halogens is 1. The normalized spacial score (nSPS) is 13.5. The van der Waals surface area contributed by atoms with Crippen LogP contribution < -0.4 is 9.62 Å². The Morgan fingerprint density at radius 2 is 2.00 bits per heavy atom. The van der Waals surface area contributed by atoms with Crippen molar-refractivity contribution < 1.29 is 17.6 Å². The van der Waals surface area contributed by atoms with Crippen molar-refractivity contribution in [3.63, 3.8) is 0 Å². The lowest BCUT2D eigenvalue weighted by Crippen LogP contribution is -2.29. The highest BCUT2D eigenvalue weighted by atomic mass is 32.2. The zero-order valence-corrected chi connectivity index (χ0v) is 18.8. The number of nitrogens with zero attached hydrogens (tertiary/aromatic N) is 5. The smallest absolute Gasteiger partial charge is 0.268 e. The Labute approximate surface area is 189 Å². The van der Waals surface area contributed by atoms with Crippen molar-refractivity contribution in [2.24, 2.45) is 7.05 Å². The van der Waals surface area contributed by atoms with Gasteiger partial charge in [-0.25, -0.2) is 21.8 Å². The molecule has 0 saturated heterocycles. The van der Waals surface area contributed by atoms with Gasteiger partial charge in [0.1, 0.15) is 22.2 Å². The van der Waals surface area contributed by atoms with E-state index < -0.39 is 21.7 Å². The molecule has 1 N–H and O–H groups in total. The molecule has 0 fully saturated rings. The van der Waals surface area contributed by atoms with Crippen LogP contribution in [0.25, 0.3) is 10.9 Å². The number of pyridine rings is 1. The molecule has 9 nitrogen and oxygen atoms in total. The molecule has 1 amide bonds. The molecule has 0 saturated carbocycles. The predicted octanol–water partition coefficient (Wildman–Crippen LogP) is 2.36. The Morgan fingerprint density at radius 3 is 2.82 bits per heavy atom. The number of benzene rings is 1. The first-order valence-corrected chi connectivity index (χ1v) is 11.7. The second kappa shape index (κ2) is 7.69. The summed E-state index contributed by atoms with van der Waals surface area (Å²) in [4.78, 5) is 17.2. The first-order chi connectivity index (χ1) is 15.8. The summed E-state index contributed by atoms with van der Waals surface area (Å²) in [5.74, 6) is -0.467. The van der Waals surface area contributed by atoms with Crippen LogP contribution in [0.4, 0.5) is 10.2 Å². The number of hydrogen-bond acceptors (Lipinski definition) is 5. The maximum Gasteiger partial charge on any atom is 0.268 e. The van der Waals surface area contributed by atoms with Gasteiger partial charge in [-0.3, -0.25) is 9.78 Å². The summed E-state index contributed by atoms with van der Waals surface area (Å²) in [7, 11) is -2.26. The Hall–Kier alpha value is -3.73. The Bertz CT molecular complexity index is 1510. The van der Waals surface area contributed by atoms with Gasteiger partial charge >= 0.3 is 0 Å². The van der Waals surface area contributed by atoms with E-state index in [4.69, 9.17) is 0 Å². The molecule has 0 atom stereocenters. The molecule has 4 heterocycles. The predicted molar refractivity (Wildman–Crippen MR) is 120 cm³/mol. The van der Waals surface area contributed by atoms with Crippen molar-refractivity contribution in [3.8, 4) is 0 Å². The summed E-state index contributed by atoms with van der Waals surface area (Å²) >= 11 is 0. The average molecular weight is 469 g/mol. The SMILES string of the molecule is Cc1c(S(=O)(=O)N2CCn3nccc32)cc(C(=O)NCc2c(F)ccc3ncccc23)n1C. The fraction of sp³-hybridized carbons (Fsp3) is 0.227. The number of sulfonamides is 1. The highest BCUT2D eigenvalue weighted by Crippen LogP contribution is 2.30. The summed E-state index contributed by atoms with van der Waals surface area (Å²) in [5.41, 5.74) is 1.53. The van der Waals surface area contributed by atoms with Gasteiger partial charge in [-0.1, -0.05) is 6.07 Å². The van der Waals surface area contributed by atoms with Gasteiger partial charge < -0.3 is 9.88 Å². The summed E-state index contributed by atoms with van der Waals surface area (Å²) < 4.78 is 45.6. The van der Waals surface area contributed by atoms with Crippen molar-refractivity contribution in [1.29, 1.82) is 0 Å². The zero-order valence-electron chi connectivity index (χ0n) is 18.0. The minimum Gasteiger partial charge on any atom is -0.347 e. The molecule has 0 radical (unpaired) electrons. The van der Waals surface area contributed by atoms with E-state index in [1.807, 2.05) is 0 Å². The van der Waals surface area contributed by atoms with Gasteiger partial charge in [0.2, 0.25) is 0 Å². The molecule has 5 rings (SSSR count). The number of carbonyl (C=O) groups is 1. The summed E-state index contributed by atoms with van der Waals surface area (Å²) in [5, 5.41) is 7.43. The number of fused-ring (bicyclic) bond motifs is 2.